The number of ether oxygens (including phenoxy) is 1. The van der Waals surface area contributed by atoms with E-state index in [9.17, 15) is 4.79 Å². The number of anilines is 1. The normalized spacial score (nSPS) is 12.8. The van der Waals surface area contributed by atoms with Crippen molar-refractivity contribution in [3.8, 4) is 0 Å². The van der Waals surface area contributed by atoms with Gasteiger partial charge in [0.05, 0.1) is 5.56 Å². The molecule has 0 aliphatic heterocycles. The standard InChI is InChI=1S/C21H36N2O2/c1-15(2)6-12-20(13-7-16(3)4)23-14-17(5)25-21(24)18-8-10-19(22)11-9-18/h8-11,15-17,20,23H,6-7,12-14,22H2,1-5H3/t17-/m0/s1. The summed E-state index contributed by atoms with van der Waals surface area (Å²) in [6.07, 6.45) is 4.61. The molecule has 0 saturated heterocycles. The maximum atomic E-state index is 12.2. The van der Waals surface area contributed by atoms with Crippen molar-refractivity contribution in [1.29, 1.82) is 0 Å². The van der Waals surface area contributed by atoms with Crippen LogP contribution in [0.15, 0.2) is 24.3 Å². The molecule has 1 aromatic carbocycles. The molecule has 0 spiro atoms. The molecular weight excluding hydrogens is 312 g/mol. The number of nitrogen functional groups attached to an aromatic ring is 1. The lowest BCUT2D eigenvalue weighted by molar-refractivity contribution is 0.0335. The summed E-state index contributed by atoms with van der Waals surface area (Å²) in [7, 11) is 0. The van der Waals surface area contributed by atoms with Crippen LogP contribution in [0.4, 0.5) is 5.69 Å². The van der Waals surface area contributed by atoms with Gasteiger partial charge in [0.15, 0.2) is 0 Å². The summed E-state index contributed by atoms with van der Waals surface area (Å²) in [5, 5.41) is 3.60. The first kappa shape index (κ1) is 21.5. The zero-order chi connectivity index (χ0) is 18.8. The Hall–Kier alpha value is -1.55. The van der Waals surface area contributed by atoms with Crippen LogP contribution in [0.5, 0.6) is 0 Å². The molecule has 1 rings (SSSR count). The first-order valence-corrected chi connectivity index (χ1v) is 9.57. The van der Waals surface area contributed by atoms with Crippen LogP contribution in [0.1, 0.15) is 70.7 Å². The van der Waals surface area contributed by atoms with E-state index in [-0.39, 0.29) is 12.1 Å². The van der Waals surface area contributed by atoms with Gasteiger partial charge in [-0.15, -0.1) is 0 Å². The number of hydrogen-bond acceptors (Lipinski definition) is 4. The van der Waals surface area contributed by atoms with Gasteiger partial charge in [0, 0.05) is 18.3 Å². The number of benzene rings is 1. The van der Waals surface area contributed by atoms with Crippen LogP contribution in [-0.2, 0) is 4.74 Å². The summed E-state index contributed by atoms with van der Waals surface area (Å²) in [6.45, 7) is 11.7. The predicted octanol–water partition coefficient (Wildman–Crippen LogP) is 4.64. The monoisotopic (exact) mass is 348 g/mol. The van der Waals surface area contributed by atoms with Crippen LogP contribution in [0, 0.1) is 11.8 Å². The van der Waals surface area contributed by atoms with Crippen molar-refractivity contribution in [2.24, 2.45) is 11.8 Å². The lowest BCUT2D eigenvalue weighted by atomic mass is 9.97. The molecular formula is C21H36N2O2. The molecule has 142 valence electrons. The van der Waals surface area contributed by atoms with E-state index >= 15 is 0 Å². The van der Waals surface area contributed by atoms with Gasteiger partial charge in [-0.05, 0) is 68.7 Å². The van der Waals surface area contributed by atoms with Gasteiger partial charge in [0.2, 0.25) is 0 Å². The minimum absolute atomic E-state index is 0.161. The summed E-state index contributed by atoms with van der Waals surface area (Å²) in [5.41, 5.74) is 6.83. The molecule has 4 heteroatoms. The average molecular weight is 349 g/mol. The smallest absolute Gasteiger partial charge is 0.338 e. The number of esters is 1. The van der Waals surface area contributed by atoms with Gasteiger partial charge in [0.25, 0.3) is 0 Å². The highest BCUT2D eigenvalue weighted by Crippen LogP contribution is 2.14. The summed E-state index contributed by atoms with van der Waals surface area (Å²) in [6, 6.07) is 7.32. The Bertz CT molecular complexity index is 485. The number of nitrogens with one attached hydrogen (secondary N) is 1. The number of hydrogen-bond donors (Lipinski definition) is 2. The second-order valence-corrected chi connectivity index (χ2v) is 7.89. The molecule has 0 amide bonds. The maximum Gasteiger partial charge on any atom is 0.338 e. The molecule has 0 saturated carbocycles. The molecule has 4 nitrogen and oxygen atoms in total. The Kier molecular flexibility index (Phi) is 9.58. The van der Waals surface area contributed by atoms with Crippen molar-refractivity contribution >= 4 is 11.7 Å². The van der Waals surface area contributed by atoms with Crippen LogP contribution < -0.4 is 11.1 Å². The zero-order valence-electron chi connectivity index (χ0n) is 16.5. The lowest BCUT2D eigenvalue weighted by Gasteiger charge is -2.23. The molecule has 0 aliphatic carbocycles. The highest BCUT2D eigenvalue weighted by molar-refractivity contribution is 5.89. The van der Waals surface area contributed by atoms with Gasteiger partial charge < -0.3 is 15.8 Å². The first-order valence-electron chi connectivity index (χ1n) is 9.57. The highest BCUT2D eigenvalue weighted by atomic mass is 16.5. The van der Waals surface area contributed by atoms with Crippen molar-refractivity contribution in [2.75, 3.05) is 12.3 Å². The molecule has 1 aromatic rings. The van der Waals surface area contributed by atoms with Crippen LogP contribution in [-0.4, -0.2) is 24.7 Å². The average Bonchev–Trinajstić information content (AvgIpc) is 2.54. The van der Waals surface area contributed by atoms with E-state index in [4.69, 9.17) is 10.5 Å². The topological polar surface area (TPSA) is 64.3 Å². The summed E-state index contributed by atoms with van der Waals surface area (Å²) < 4.78 is 5.54. The van der Waals surface area contributed by atoms with Gasteiger partial charge in [0.1, 0.15) is 6.10 Å². The van der Waals surface area contributed by atoms with Crippen molar-refractivity contribution in [3.63, 3.8) is 0 Å². The number of rotatable bonds is 11. The molecule has 25 heavy (non-hydrogen) atoms. The molecule has 0 aliphatic rings. The predicted molar refractivity (Wildman–Crippen MR) is 106 cm³/mol. The van der Waals surface area contributed by atoms with Crippen LogP contribution in [0.25, 0.3) is 0 Å². The minimum atomic E-state index is -0.296. The third kappa shape index (κ3) is 9.49. The Labute approximate surface area is 153 Å². The lowest BCUT2D eigenvalue weighted by Crippen LogP contribution is -2.37. The molecule has 0 radical (unpaired) electrons. The fourth-order valence-electron chi connectivity index (χ4n) is 2.66. The maximum absolute atomic E-state index is 12.2. The van der Waals surface area contributed by atoms with Gasteiger partial charge in [-0.1, -0.05) is 27.7 Å². The molecule has 1 atom stereocenters. The fraction of sp³-hybridized carbons (Fsp3) is 0.667. The van der Waals surface area contributed by atoms with E-state index in [2.05, 4.69) is 33.0 Å². The minimum Gasteiger partial charge on any atom is -0.458 e. The van der Waals surface area contributed by atoms with Crippen molar-refractivity contribution in [3.05, 3.63) is 29.8 Å². The zero-order valence-corrected chi connectivity index (χ0v) is 16.5. The molecule has 0 bridgehead atoms. The van der Waals surface area contributed by atoms with Crippen molar-refractivity contribution in [1.82, 2.24) is 5.32 Å². The quantitative estimate of drug-likeness (QED) is 0.451. The number of carbonyl (C=O) groups is 1. The Morgan fingerprint density at radius 3 is 1.96 bits per heavy atom. The van der Waals surface area contributed by atoms with Gasteiger partial charge >= 0.3 is 5.97 Å². The SMILES string of the molecule is CC(C)CCC(CCC(C)C)NC[C@H](C)OC(=O)c1ccc(N)cc1. The molecule has 0 fully saturated rings. The second kappa shape index (κ2) is 11.1. The van der Waals surface area contributed by atoms with E-state index < -0.39 is 0 Å². The molecule has 3 N–H and O–H groups in total. The van der Waals surface area contributed by atoms with Crippen LogP contribution >= 0.6 is 0 Å². The second-order valence-electron chi connectivity index (χ2n) is 7.89. The van der Waals surface area contributed by atoms with E-state index in [1.165, 1.54) is 25.7 Å². The van der Waals surface area contributed by atoms with Crippen molar-refractivity contribution < 1.29 is 9.53 Å². The summed E-state index contributed by atoms with van der Waals surface area (Å²) >= 11 is 0. The highest BCUT2D eigenvalue weighted by Gasteiger charge is 2.15. The molecule has 0 heterocycles. The molecule has 0 aromatic heterocycles. The summed E-state index contributed by atoms with van der Waals surface area (Å²) in [4.78, 5) is 12.2. The third-order valence-corrected chi connectivity index (χ3v) is 4.33. The van der Waals surface area contributed by atoms with E-state index in [1.807, 2.05) is 6.92 Å². The largest absolute Gasteiger partial charge is 0.458 e. The van der Waals surface area contributed by atoms with E-state index in [0.29, 0.717) is 35.7 Å². The van der Waals surface area contributed by atoms with Crippen molar-refractivity contribution in [2.45, 2.75) is 72.4 Å². The Morgan fingerprint density at radius 2 is 1.48 bits per heavy atom. The van der Waals surface area contributed by atoms with Gasteiger partial charge in [-0.3, -0.25) is 0 Å². The van der Waals surface area contributed by atoms with Gasteiger partial charge in [-0.25, -0.2) is 4.79 Å². The number of carbonyl (C=O) groups excluding carboxylic acids is 1. The van der Waals surface area contributed by atoms with Crippen LogP contribution in [0.3, 0.4) is 0 Å². The Balaban J connectivity index is 2.44. The van der Waals surface area contributed by atoms with E-state index in [1.54, 1.807) is 24.3 Å². The number of nitrogens with two attached hydrogens (primary N) is 1. The third-order valence-electron chi connectivity index (χ3n) is 4.33. The first-order chi connectivity index (χ1) is 11.8. The van der Waals surface area contributed by atoms with E-state index in [0.717, 1.165) is 0 Å². The van der Waals surface area contributed by atoms with Crippen LogP contribution in [0.2, 0.25) is 0 Å². The summed E-state index contributed by atoms with van der Waals surface area (Å²) in [5.74, 6) is 1.13. The molecule has 0 unspecified atom stereocenters. The Morgan fingerprint density at radius 1 is 0.960 bits per heavy atom. The van der Waals surface area contributed by atoms with Gasteiger partial charge in [-0.2, -0.15) is 0 Å². The fourth-order valence-corrected chi connectivity index (χ4v) is 2.66.